The fraction of sp³-hybridized carbons (Fsp3) is 0.889. The normalized spacial score (nSPS) is 20.4. The Morgan fingerprint density at radius 2 is 1.92 bits per heavy atom. The van der Waals surface area contributed by atoms with Gasteiger partial charge in [0.05, 0.1) is 11.3 Å². The van der Waals surface area contributed by atoms with Gasteiger partial charge in [-0.25, -0.2) is 0 Å². The van der Waals surface area contributed by atoms with Crippen LogP contribution in [0.5, 0.6) is 0 Å². The van der Waals surface area contributed by atoms with E-state index in [9.17, 15) is 5.11 Å². The topological polar surface area (TPSA) is 56.1 Å². The Labute approximate surface area is 78.9 Å². The number of hydrogen-bond donors (Lipinski definition) is 2. The smallest absolute Gasteiger partial charge is 0.0718 e. The van der Waals surface area contributed by atoms with Crippen LogP contribution in [0.15, 0.2) is 5.16 Å². The zero-order valence-corrected chi connectivity index (χ0v) is 8.32. The number of β-amino-alcohol motifs (C(OH)–C–C–N with tert-alkyl or cyclic N) is 1. The van der Waals surface area contributed by atoms with Gasteiger partial charge >= 0.3 is 0 Å². The molecule has 0 amide bonds. The Bertz CT molecular complexity index is 186. The Morgan fingerprint density at radius 1 is 1.38 bits per heavy atom. The van der Waals surface area contributed by atoms with Gasteiger partial charge in [0.2, 0.25) is 0 Å². The van der Waals surface area contributed by atoms with Gasteiger partial charge in [0.1, 0.15) is 0 Å². The molecular formula is C9H18N2O2. The second kappa shape index (κ2) is 4.07. The van der Waals surface area contributed by atoms with Crippen molar-refractivity contribution in [1.82, 2.24) is 4.90 Å². The molecular weight excluding hydrogens is 168 g/mol. The number of aliphatic hydroxyl groups is 1. The third-order valence-electron chi connectivity index (χ3n) is 2.19. The van der Waals surface area contributed by atoms with E-state index in [4.69, 9.17) is 5.21 Å². The van der Waals surface area contributed by atoms with Gasteiger partial charge in [-0.15, -0.1) is 0 Å². The van der Waals surface area contributed by atoms with Crippen LogP contribution in [-0.4, -0.2) is 46.2 Å². The number of nitrogens with zero attached hydrogens (tertiary/aromatic N) is 2. The van der Waals surface area contributed by atoms with E-state index < -0.39 is 5.60 Å². The molecule has 4 heteroatoms. The lowest BCUT2D eigenvalue weighted by Crippen LogP contribution is -2.43. The first-order chi connectivity index (χ1) is 6.01. The van der Waals surface area contributed by atoms with Crippen LogP contribution in [0.25, 0.3) is 0 Å². The summed E-state index contributed by atoms with van der Waals surface area (Å²) < 4.78 is 0. The van der Waals surface area contributed by atoms with Crippen molar-refractivity contribution in [2.24, 2.45) is 5.16 Å². The van der Waals surface area contributed by atoms with E-state index in [1.165, 1.54) is 0 Å². The molecule has 76 valence electrons. The first-order valence-corrected chi connectivity index (χ1v) is 4.66. The van der Waals surface area contributed by atoms with Crippen LogP contribution in [0.1, 0.15) is 26.7 Å². The van der Waals surface area contributed by atoms with E-state index in [-0.39, 0.29) is 0 Å². The van der Waals surface area contributed by atoms with Gasteiger partial charge in [0.25, 0.3) is 0 Å². The third kappa shape index (κ3) is 3.74. The van der Waals surface area contributed by atoms with Gasteiger partial charge in [-0.2, -0.15) is 0 Å². The lowest BCUT2D eigenvalue weighted by molar-refractivity contribution is 0.0358. The largest absolute Gasteiger partial charge is 0.411 e. The highest BCUT2D eigenvalue weighted by Gasteiger charge is 2.21. The van der Waals surface area contributed by atoms with Crippen LogP contribution in [0, 0.1) is 0 Å². The molecule has 2 N–H and O–H groups in total. The number of hydrogen-bond acceptors (Lipinski definition) is 4. The molecule has 1 saturated heterocycles. The summed E-state index contributed by atoms with van der Waals surface area (Å²) in [6.45, 7) is 6.06. The second-order valence-electron chi connectivity index (χ2n) is 4.25. The molecule has 0 radical (unpaired) electrons. The molecule has 13 heavy (non-hydrogen) atoms. The van der Waals surface area contributed by atoms with Crippen molar-refractivity contribution in [2.75, 3.05) is 19.6 Å². The Kier molecular flexibility index (Phi) is 3.27. The molecule has 0 bridgehead atoms. The molecule has 0 unspecified atom stereocenters. The second-order valence-corrected chi connectivity index (χ2v) is 4.25. The minimum Gasteiger partial charge on any atom is -0.411 e. The molecule has 1 heterocycles. The summed E-state index contributed by atoms with van der Waals surface area (Å²) in [4.78, 5) is 2.19. The van der Waals surface area contributed by atoms with Crippen LogP contribution < -0.4 is 0 Å². The Balaban J connectivity index is 2.33. The number of piperidine rings is 1. The molecule has 1 aliphatic heterocycles. The predicted octanol–water partition coefficient (Wildman–Crippen LogP) is 0.683. The molecule has 1 rings (SSSR count). The molecule has 4 nitrogen and oxygen atoms in total. The van der Waals surface area contributed by atoms with Crippen LogP contribution in [0.2, 0.25) is 0 Å². The van der Waals surface area contributed by atoms with Crippen molar-refractivity contribution in [3.05, 3.63) is 0 Å². The highest BCUT2D eigenvalue weighted by atomic mass is 16.4. The summed E-state index contributed by atoms with van der Waals surface area (Å²) in [6, 6.07) is 0. The average Bonchev–Trinajstić information content (AvgIpc) is 2.03. The molecule has 0 saturated carbocycles. The van der Waals surface area contributed by atoms with Crippen molar-refractivity contribution in [3.8, 4) is 0 Å². The maximum absolute atomic E-state index is 9.57. The lowest BCUT2D eigenvalue weighted by Gasteiger charge is -2.31. The van der Waals surface area contributed by atoms with Crippen molar-refractivity contribution in [1.29, 1.82) is 0 Å². The van der Waals surface area contributed by atoms with E-state index in [2.05, 4.69) is 10.1 Å². The van der Waals surface area contributed by atoms with Gasteiger partial charge in [0, 0.05) is 32.5 Å². The molecule has 1 fully saturated rings. The molecule has 1 aliphatic rings. The number of oxime groups is 1. The monoisotopic (exact) mass is 186 g/mol. The fourth-order valence-electron chi connectivity index (χ4n) is 1.62. The average molecular weight is 186 g/mol. The van der Waals surface area contributed by atoms with Crippen molar-refractivity contribution in [2.45, 2.75) is 32.3 Å². The van der Waals surface area contributed by atoms with Crippen LogP contribution in [0.3, 0.4) is 0 Å². The Morgan fingerprint density at radius 3 is 2.31 bits per heavy atom. The van der Waals surface area contributed by atoms with Gasteiger partial charge in [-0.05, 0) is 13.8 Å². The van der Waals surface area contributed by atoms with Crippen LogP contribution in [-0.2, 0) is 0 Å². The van der Waals surface area contributed by atoms with Crippen LogP contribution in [0.4, 0.5) is 0 Å². The van der Waals surface area contributed by atoms with E-state index >= 15 is 0 Å². The summed E-state index contributed by atoms with van der Waals surface area (Å²) in [5.41, 5.74) is 0.236. The zero-order chi connectivity index (χ0) is 9.90. The fourth-order valence-corrected chi connectivity index (χ4v) is 1.62. The quantitative estimate of drug-likeness (QED) is 0.492. The van der Waals surface area contributed by atoms with E-state index in [0.717, 1.165) is 31.6 Å². The maximum atomic E-state index is 9.57. The maximum Gasteiger partial charge on any atom is 0.0718 e. The predicted molar refractivity (Wildman–Crippen MR) is 51.2 cm³/mol. The zero-order valence-electron chi connectivity index (χ0n) is 8.32. The minimum atomic E-state index is -0.631. The van der Waals surface area contributed by atoms with E-state index in [1.54, 1.807) is 0 Å². The van der Waals surface area contributed by atoms with Crippen molar-refractivity contribution in [3.63, 3.8) is 0 Å². The minimum absolute atomic E-state index is 0.631. The van der Waals surface area contributed by atoms with Gasteiger partial charge in [-0.3, -0.25) is 4.90 Å². The SMILES string of the molecule is CC(C)(O)CN1CCC(=NO)CC1. The molecule has 0 aromatic carbocycles. The molecule has 0 aliphatic carbocycles. The third-order valence-corrected chi connectivity index (χ3v) is 2.19. The van der Waals surface area contributed by atoms with Gasteiger partial charge < -0.3 is 10.3 Å². The first-order valence-electron chi connectivity index (χ1n) is 4.66. The first kappa shape index (κ1) is 10.5. The summed E-state index contributed by atoms with van der Waals surface area (Å²) >= 11 is 0. The number of rotatable bonds is 2. The standard InChI is InChI=1S/C9H18N2O2/c1-9(2,12)7-11-5-3-8(10-13)4-6-11/h12-13H,3-7H2,1-2H3. The summed E-state index contributed by atoms with van der Waals surface area (Å²) in [7, 11) is 0. The Hall–Kier alpha value is -0.610. The number of likely N-dealkylation sites (tertiary alicyclic amines) is 1. The summed E-state index contributed by atoms with van der Waals surface area (Å²) in [5.74, 6) is 0. The van der Waals surface area contributed by atoms with Crippen molar-refractivity contribution < 1.29 is 10.3 Å². The van der Waals surface area contributed by atoms with E-state index in [1.807, 2.05) is 13.8 Å². The van der Waals surface area contributed by atoms with Crippen molar-refractivity contribution >= 4 is 5.71 Å². The van der Waals surface area contributed by atoms with Gasteiger partial charge in [0.15, 0.2) is 0 Å². The molecule has 0 aromatic rings. The molecule has 0 atom stereocenters. The molecule has 0 aromatic heterocycles. The van der Waals surface area contributed by atoms with Crippen LogP contribution >= 0.6 is 0 Å². The summed E-state index contributed by atoms with van der Waals surface area (Å²) in [6.07, 6.45) is 1.62. The highest BCUT2D eigenvalue weighted by Crippen LogP contribution is 2.11. The highest BCUT2D eigenvalue weighted by molar-refractivity contribution is 5.84. The molecule has 0 spiro atoms. The lowest BCUT2D eigenvalue weighted by atomic mass is 10.1. The van der Waals surface area contributed by atoms with E-state index in [0.29, 0.717) is 6.54 Å². The van der Waals surface area contributed by atoms with Gasteiger partial charge in [-0.1, -0.05) is 5.16 Å². The summed E-state index contributed by atoms with van der Waals surface area (Å²) in [5, 5.41) is 21.3.